The molecular formula is C16H23N5O2S. The van der Waals surface area contributed by atoms with Crippen molar-refractivity contribution in [1.29, 1.82) is 0 Å². The van der Waals surface area contributed by atoms with E-state index in [2.05, 4.69) is 15.5 Å². The van der Waals surface area contributed by atoms with Gasteiger partial charge >= 0.3 is 6.03 Å². The molecule has 0 bridgehead atoms. The Morgan fingerprint density at radius 2 is 2.50 bits per heavy atom. The van der Waals surface area contributed by atoms with Crippen molar-refractivity contribution < 1.29 is 9.53 Å². The molecule has 2 aromatic heterocycles. The predicted molar refractivity (Wildman–Crippen MR) is 91.6 cm³/mol. The van der Waals surface area contributed by atoms with Crippen LogP contribution in [0.15, 0.2) is 23.8 Å². The zero-order valence-electron chi connectivity index (χ0n) is 13.9. The first-order valence-electron chi connectivity index (χ1n) is 8.29. The molecule has 1 atom stereocenters. The fraction of sp³-hybridized carbons (Fsp3) is 0.562. The molecule has 0 aromatic carbocycles. The van der Waals surface area contributed by atoms with Crippen LogP contribution in [-0.4, -0.2) is 45.0 Å². The summed E-state index contributed by atoms with van der Waals surface area (Å²) >= 11 is 1.66. The molecule has 1 saturated heterocycles. The standard InChI is InChI=1S/C16H23N5O2S/c1-2-20-12-18-19-15(20)9-17-16(22)21(10-13-5-3-7-23-13)11-14-6-4-8-24-14/h4,6,8,12-13H,2-3,5,7,9-11H2,1H3,(H,17,22)/t13-/m0/s1. The van der Waals surface area contributed by atoms with Crippen LogP contribution in [0.1, 0.15) is 30.5 Å². The highest BCUT2D eigenvalue weighted by molar-refractivity contribution is 7.09. The highest BCUT2D eigenvalue weighted by Crippen LogP contribution is 2.17. The van der Waals surface area contributed by atoms with Crippen molar-refractivity contribution in [3.8, 4) is 0 Å². The molecule has 0 spiro atoms. The van der Waals surface area contributed by atoms with Crippen molar-refractivity contribution in [3.05, 3.63) is 34.5 Å². The Morgan fingerprint density at radius 3 is 3.21 bits per heavy atom. The van der Waals surface area contributed by atoms with E-state index < -0.39 is 0 Å². The SMILES string of the molecule is CCn1cnnc1CNC(=O)N(Cc1cccs1)C[C@@H]1CCCO1. The molecule has 3 heterocycles. The van der Waals surface area contributed by atoms with Gasteiger partial charge in [-0.2, -0.15) is 0 Å². The summed E-state index contributed by atoms with van der Waals surface area (Å²) < 4.78 is 7.62. The number of rotatable bonds is 7. The van der Waals surface area contributed by atoms with E-state index in [9.17, 15) is 4.79 Å². The van der Waals surface area contributed by atoms with Crippen molar-refractivity contribution in [3.63, 3.8) is 0 Å². The number of carbonyl (C=O) groups excluding carboxylic acids is 1. The minimum absolute atomic E-state index is 0.0930. The summed E-state index contributed by atoms with van der Waals surface area (Å²) in [5.74, 6) is 0.763. The Hall–Kier alpha value is -1.93. The summed E-state index contributed by atoms with van der Waals surface area (Å²) in [6.07, 6.45) is 3.89. The number of urea groups is 1. The van der Waals surface area contributed by atoms with Gasteiger partial charge in [-0.05, 0) is 31.2 Å². The van der Waals surface area contributed by atoms with Gasteiger partial charge < -0.3 is 19.5 Å². The maximum atomic E-state index is 12.7. The Morgan fingerprint density at radius 1 is 1.58 bits per heavy atom. The summed E-state index contributed by atoms with van der Waals surface area (Å²) in [4.78, 5) is 15.7. The lowest BCUT2D eigenvalue weighted by Gasteiger charge is -2.25. The molecule has 2 aromatic rings. The Bertz CT molecular complexity index is 637. The third kappa shape index (κ3) is 4.33. The molecule has 1 aliphatic heterocycles. The highest BCUT2D eigenvalue weighted by Gasteiger charge is 2.23. The molecule has 24 heavy (non-hydrogen) atoms. The molecule has 1 N–H and O–H groups in total. The lowest BCUT2D eigenvalue weighted by atomic mass is 10.2. The number of amides is 2. The number of aryl methyl sites for hydroxylation is 1. The number of hydrogen-bond acceptors (Lipinski definition) is 5. The van der Waals surface area contributed by atoms with E-state index in [4.69, 9.17) is 4.74 Å². The van der Waals surface area contributed by atoms with Crippen LogP contribution in [0, 0.1) is 0 Å². The van der Waals surface area contributed by atoms with Gasteiger partial charge in [0.25, 0.3) is 0 Å². The Balaban J connectivity index is 1.61. The minimum atomic E-state index is -0.0930. The number of hydrogen-bond donors (Lipinski definition) is 1. The molecule has 3 rings (SSSR count). The van der Waals surface area contributed by atoms with Crippen LogP contribution in [0.4, 0.5) is 4.79 Å². The van der Waals surface area contributed by atoms with Crippen molar-refractivity contribution in [2.24, 2.45) is 0 Å². The van der Waals surface area contributed by atoms with Crippen LogP contribution in [0.25, 0.3) is 0 Å². The van der Waals surface area contributed by atoms with Gasteiger partial charge in [0.1, 0.15) is 6.33 Å². The van der Waals surface area contributed by atoms with E-state index in [1.807, 2.05) is 33.9 Å². The molecule has 8 heteroatoms. The topological polar surface area (TPSA) is 72.3 Å². The van der Waals surface area contributed by atoms with Gasteiger partial charge in [0.15, 0.2) is 5.82 Å². The molecule has 1 fully saturated rings. The summed E-state index contributed by atoms with van der Waals surface area (Å²) in [7, 11) is 0. The summed E-state index contributed by atoms with van der Waals surface area (Å²) in [5.41, 5.74) is 0. The predicted octanol–water partition coefficient (Wildman–Crippen LogP) is 2.25. The van der Waals surface area contributed by atoms with Gasteiger partial charge in [-0.15, -0.1) is 21.5 Å². The fourth-order valence-electron chi connectivity index (χ4n) is 2.79. The number of aromatic nitrogens is 3. The van der Waals surface area contributed by atoms with E-state index in [0.29, 0.717) is 19.6 Å². The third-order valence-corrected chi connectivity index (χ3v) is 4.96. The van der Waals surface area contributed by atoms with Crippen molar-refractivity contribution in [2.75, 3.05) is 13.2 Å². The van der Waals surface area contributed by atoms with Crippen LogP contribution < -0.4 is 5.32 Å². The molecule has 1 aliphatic rings. The summed E-state index contributed by atoms with van der Waals surface area (Å²) in [6, 6.07) is 3.96. The van der Waals surface area contributed by atoms with Crippen LogP contribution in [0.5, 0.6) is 0 Å². The Labute approximate surface area is 145 Å². The van der Waals surface area contributed by atoms with E-state index in [0.717, 1.165) is 31.8 Å². The van der Waals surface area contributed by atoms with Gasteiger partial charge in [-0.3, -0.25) is 0 Å². The van der Waals surface area contributed by atoms with Gasteiger partial charge in [-0.25, -0.2) is 4.79 Å². The molecule has 0 unspecified atom stereocenters. The van der Waals surface area contributed by atoms with Gasteiger partial charge in [-0.1, -0.05) is 6.07 Å². The number of nitrogens with zero attached hydrogens (tertiary/aromatic N) is 4. The zero-order chi connectivity index (χ0) is 16.8. The van der Waals surface area contributed by atoms with E-state index in [1.165, 1.54) is 4.88 Å². The summed E-state index contributed by atoms with van der Waals surface area (Å²) in [6.45, 7) is 5.19. The maximum Gasteiger partial charge on any atom is 0.318 e. The fourth-order valence-corrected chi connectivity index (χ4v) is 3.51. The average molecular weight is 349 g/mol. The van der Waals surface area contributed by atoms with Crippen LogP contribution in [0.3, 0.4) is 0 Å². The number of thiophene rings is 1. The molecule has 0 aliphatic carbocycles. The lowest BCUT2D eigenvalue weighted by molar-refractivity contribution is 0.0796. The minimum Gasteiger partial charge on any atom is -0.376 e. The zero-order valence-corrected chi connectivity index (χ0v) is 14.7. The lowest BCUT2D eigenvalue weighted by Crippen LogP contribution is -2.43. The smallest absolute Gasteiger partial charge is 0.318 e. The van der Waals surface area contributed by atoms with Crippen molar-refractivity contribution in [1.82, 2.24) is 25.0 Å². The van der Waals surface area contributed by atoms with Crippen molar-refractivity contribution >= 4 is 17.4 Å². The van der Waals surface area contributed by atoms with Crippen LogP contribution >= 0.6 is 11.3 Å². The van der Waals surface area contributed by atoms with Crippen molar-refractivity contribution in [2.45, 2.75) is 45.5 Å². The number of nitrogens with one attached hydrogen (secondary N) is 1. The van der Waals surface area contributed by atoms with E-state index in [1.54, 1.807) is 17.7 Å². The molecule has 7 nitrogen and oxygen atoms in total. The molecule has 0 radical (unpaired) electrons. The van der Waals surface area contributed by atoms with Crippen LogP contribution in [0.2, 0.25) is 0 Å². The van der Waals surface area contributed by atoms with E-state index in [-0.39, 0.29) is 12.1 Å². The molecule has 130 valence electrons. The highest BCUT2D eigenvalue weighted by atomic mass is 32.1. The average Bonchev–Trinajstić information content (AvgIpc) is 3.34. The number of carbonyl (C=O) groups is 1. The normalized spacial score (nSPS) is 17.1. The second-order valence-electron chi connectivity index (χ2n) is 5.79. The first-order valence-corrected chi connectivity index (χ1v) is 9.17. The monoisotopic (exact) mass is 349 g/mol. The third-order valence-electron chi connectivity index (χ3n) is 4.10. The molecular weight excluding hydrogens is 326 g/mol. The summed E-state index contributed by atoms with van der Waals surface area (Å²) in [5, 5.41) is 12.9. The largest absolute Gasteiger partial charge is 0.376 e. The first kappa shape index (κ1) is 16.9. The van der Waals surface area contributed by atoms with Gasteiger partial charge in [0.2, 0.25) is 0 Å². The van der Waals surface area contributed by atoms with E-state index >= 15 is 0 Å². The molecule has 2 amide bonds. The number of ether oxygens (including phenoxy) is 1. The quantitative estimate of drug-likeness (QED) is 0.832. The second kappa shape index (κ2) is 8.25. The van der Waals surface area contributed by atoms with Gasteiger partial charge in [0, 0.05) is 24.6 Å². The second-order valence-corrected chi connectivity index (χ2v) is 6.82. The molecule has 0 saturated carbocycles. The Kier molecular flexibility index (Phi) is 5.81. The van der Waals surface area contributed by atoms with Crippen LogP contribution in [-0.2, 0) is 24.4 Å². The van der Waals surface area contributed by atoms with Gasteiger partial charge in [0.05, 0.1) is 19.2 Å². The maximum absolute atomic E-state index is 12.7. The first-order chi connectivity index (χ1) is 11.8.